The molecule has 1 aromatic rings. The van der Waals surface area contributed by atoms with Crippen LogP contribution >= 0.6 is 0 Å². The van der Waals surface area contributed by atoms with E-state index in [-0.39, 0.29) is 18.6 Å². The zero-order valence-electron chi connectivity index (χ0n) is 9.30. The van der Waals surface area contributed by atoms with Crippen LogP contribution in [0.3, 0.4) is 0 Å². The number of nitrogens with zero attached hydrogens (tertiary/aromatic N) is 2. The molecule has 1 rings (SSSR count). The zero-order chi connectivity index (χ0) is 11.3. The van der Waals surface area contributed by atoms with Gasteiger partial charge in [0, 0.05) is 19.3 Å². The third-order valence-electron chi connectivity index (χ3n) is 1.77. The van der Waals surface area contributed by atoms with E-state index in [1.807, 2.05) is 26.0 Å². The van der Waals surface area contributed by atoms with Crippen molar-refractivity contribution >= 4 is 5.91 Å². The Morgan fingerprint density at radius 1 is 1.53 bits per heavy atom. The normalized spacial score (nSPS) is 12.1. The number of hydrogen-bond donors (Lipinski definition) is 0. The average molecular weight is 208 g/mol. The van der Waals surface area contributed by atoms with Gasteiger partial charge in [0.05, 0.1) is 0 Å². The van der Waals surface area contributed by atoms with Crippen LogP contribution in [0.4, 0.5) is 0 Å². The Morgan fingerprint density at radius 3 is 2.87 bits per heavy atom. The van der Waals surface area contributed by atoms with Gasteiger partial charge in [-0.2, -0.15) is 0 Å². The van der Waals surface area contributed by atoms with Crippen LogP contribution in [-0.2, 0) is 4.74 Å². The van der Waals surface area contributed by atoms with Crippen molar-refractivity contribution in [2.75, 3.05) is 13.7 Å². The Morgan fingerprint density at radius 2 is 2.27 bits per heavy atom. The molecule has 0 bridgehead atoms. The number of pyridine rings is 1. The molecule has 82 valence electrons. The highest BCUT2D eigenvalue weighted by Gasteiger charge is 2.03. The lowest BCUT2D eigenvalue weighted by Gasteiger charge is -2.05. The van der Waals surface area contributed by atoms with Crippen molar-refractivity contribution in [3.05, 3.63) is 29.9 Å². The molecule has 0 fully saturated rings. The highest BCUT2D eigenvalue weighted by molar-refractivity contribution is 5.79. The molecule has 0 aromatic carbocycles. The molecule has 1 heterocycles. The van der Waals surface area contributed by atoms with Crippen molar-refractivity contribution < 1.29 is 9.53 Å². The van der Waals surface area contributed by atoms with Crippen molar-refractivity contribution in [1.82, 2.24) is 4.57 Å². The standard InChI is InChI=1S/C11H16N2O2/c1-9(2)12-10-6-4-5-7-13(10)11(14)8-15-3/h4-7,9H,8H2,1-3H3. The maximum atomic E-state index is 11.6. The van der Waals surface area contributed by atoms with E-state index in [1.165, 1.54) is 11.7 Å². The second-order valence-corrected chi connectivity index (χ2v) is 3.48. The van der Waals surface area contributed by atoms with Crippen LogP contribution in [0.2, 0.25) is 0 Å². The highest BCUT2D eigenvalue weighted by atomic mass is 16.5. The Labute approximate surface area is 89.2 Å². The van der Waals surface area contributed by atoms with E-state index in [2.05, 4.69) is 4.99 Å². The maximum absolute atomic E-state index is 11.6. The third kappa shape index (κ3) is 3.32. The number of carbonyl (C=O) groups is 1. The predicted molar refractivity (Wildman–Crippen MR) is 57.6 cm³/mol. The molecule has 4 heteroatoms. The van der Waals surface area contributed by atoms with Gasteiger partial charge in [-0.05, 0) is 26.0 Å². The van der Waals surface area contributed by atoms with E-state index < -0.39 is 0 Å². The van der Waals surface area contributed by atoms with Crippen LogP contribution in [0.15, 0.2) is 29.4 Å². The summed E-state index contributed by atoms with van der Waals surface area (Å²) < 4.78 is 6.31. The van der Waals surface area contributed by atoms with Crippen LogP contribution in [0, 0.1) is 0 Å². The molecular weight excluding hydrogens is 192 g/mol. The number of aromatic nitrogens is 1. The van der Waals surface area contributed by atoms with E-state index in [0.717, 1.165) is 0 Å². The summed E-state index contributed by atoms with van der Waals surface area (Å²) in [5.41, 5.74) is 0.662. The molecular formula is C11H16N2O2. The van der Waals surface area contributed by atoms with Crippen molar-refractivity contribution in [2.45, 2.75) is 19.9 Å². The predicted octanol–water partition coefficient (Wildman–Crippen LogP) is 1.08. The Balaban J connectivity index is 3.12. The van der Waals surface area contributed by atoms with Gasteiger partial charge in [0.25, 0.3) is 5.91 Å². The minimum atomic E-state index is -0.113. The number of rotatable bonds is 3. The highest BCUT2D eigenvalue weighted by Crippen LogP contribution is 1.87. The fraction of sp³-hybridized carbons (Fsp3) is 0.455. The summed E-state index contributed by atoms with van der Waals surface area (Å²) in [6.45, 7) is 4.01. The summed E-state index contributed by atoms with van der Waals surface area (Å²) >= 11 is 0. The van der Waals surface area contributed by atoms with Crippen LogP contribution in [0.1, 0.15) is 18.6 Å². The van der Waals surface area contributed by atoms with Gasteiger partial charge in [0.1, 0.15) is 12.1 Å². The first-order chi connectivity index (χ1) is 7.15. The van der Waals surface area contributed by atoms with Gasteiger partial charge in [0.2, 0.25) is 0 Å². The lowest BCUT2D eigenvalue weighted by molar-refractivity contribution is 0.0756. The largest absolute Gasteiger partial charge is 0.375 e. The molecule has 4 nitrogen and oxygen atoms in total. The molecule has 15 heavy (non-hydrogen) atoms. The Bertz CT molecular complexity index is 394. The van der Waals surface area contributed by atoms with Crippen LogP contribution in [0.25, 0.3) is 0 Å². The summed E-state index contributed by atoms with van der Waals surface area (Å²) in [6, 6.07) is 5.63. The summed E-state index contributed by atoms with van der Waals surface area (Å²) in [6.07, 6.45) is 1.70. The molecule has 0 unspecified atom stereocenters. The minimum Gasteiger partial charge on any atom is -0.375 e. The Kier molecular flexibility index (Phi) is 4.24. The van der Waals surface area contributed by atoms with Crippen molar-refractivity contribution in [1.29, 1.82) is 0 Å². The maximum Gasteiger partial charge on any atom is 0.258 e. The van der Waals surface area contributed by atoms with Gasteiger partial charge >= 0.3 is 0 Å². The van der Waals surface area contributed by atoms with E-state index in [1.54, 1.807) is 12.3 Å². The number of carbonyl (C=O) groups excluding carboxylic acids is 1. The molecule has 1 aromatic heterocycles. The molecule has 0 aliphatic heterocycles. The van der Waals surface area contributed by atoms with Crippen LogP contribution in [-0.4, -0.2) is 30.2 Å². The van der Waals surface area contributed by atoms with Gasteiger partial charge in [-0.15, -0.1) is 0 Å². The molecule has 0 N–H and O–H groups in total. The lowest BCUT2D eigenvalue weighted by Crippen LogP contribution is -2.29. The number of hydrogen-bond acceptors (Lipinski definition) is 3. The quantitative estimate of drug-likeness (QED) is 0.746. The van der Waals surface area contributed by atoms with E-state index in [9.17, 15) is 4.79 Å². The van der Waals surface area contributed by atoms with Gasteiger partial charge in [-0.1, -0.05) is 6.07 Å². The number of ether oxygens (including phenoxy) is 1. The van der Waals surface area contributed by atoms with E-state index in [0.29, 0.717) is 5.49 Å². The second-order valence-electron chi connectivity index (χ2n) is 3.48. The van der Waals surface area contributed by atoms with Crippen molar-refractivity contribution in [3.8, 4) is 0 Å². The first-order valence-electron chi connectivity index (χ1n) is 4.89. The fourth-order valence-corrected chi connectivity index (χ4v) is 1.21. The first kappa shape index (κ1) is 11.7. The number of methoxy groups -OCH3 is 1. The van der Waals surface area contributed by atoms with Gasteiger partial charge in [-0.3, -0.25) is 14.4 Å². The SMILES string of the molecule is COCC(=O)n1ccccc1=NC(C)C. The van der Waals surface area contributed by atoms with Crippen LogP contribution < -0.4 is 5.49 Å². The smallest absolute Gasteiger partial charge is 0.258 e. The van der Waals surface area contributed by atoms with Gasteiger partial charge in [0.15, 0.2) is 0 Å². The fourth-order valence-electron chi connectivity index (χ4n) is 1.21. The van der Waals surface area contributed by atoms with E-state index in [4.69, 9.17) is 4.74 Å². The first-order valence-corrected chi connectivity index (χ1v) is 4.89. The summed E-state index contributed by atoms with van der Waals surface area (Å²) in [5.74, 6) is -0.113. The van der Waals surface area contributed by atoms with Gasteiger partial charge < -0.3 is 4.74 Å². The Hall–Kier alpha value is -1.42. The third-order valence-corrected chi connectivity index (χ3v) is 1.77. The summed E-state index contributed by atoms with van der Waals surface area (Å²) in [4.78, 5) is 16.0. The summed E-state index contributed by atoms with van der Waals surface area (Å²) in [5, 5.41) is 0. The zero-order valence-corrected chi connectivity index (χ0v) is 9.30. The van der Waals surface area contributed by atoms with Gasteiger partial charge in [-0.25, -0.2) is 0 Å². The topological polar surface area (TPSA) is 43.6 Å². The molecule has 0 aliphatic carbocycles. The van der Waals surface area contributed by atoms with E-state index >= 15 is 0 Å². The molecule has 0 spiro atoms. The van der Waals surface area contributed by atoms with Crippen molar-refractivity contribution in [3.63, 3.8) is 0 Å². The molecule has 0 atom stereocenters. The molecule has 0 saturated carbocycles. The molecule has 0 amide bonds. The molecule has 0 radical (unpaired) electrons. The molecule has 0 aliphatic rings. The van der Waals surface area contributed by atoms with Crippen molar-refractivity contribution in [2.24, 2.45) is 4.99 Å². The minimum absolute atomic E-state index is 0.0648. The van der Waals surface area contributed by atoms with Crippen LogP contribution in [0.5, 0.6) is 0 Å². The lowest BCUT2D eigenvalue weighted by atomic mass is 10.4. The monoisotopic (exact) mass is 208 g/mol. The molecule has 0 saturated heterocycles. The second kappa shape index (κ2) is 5.46. The summed E-state index contributed by atoms with van der Waals surface area (Å²) in [7, 11) is 1.50. The average Bonchev–Trinajstić information content (AvgIpc) is 2.18.